The van der Waals surface area contributed by atoms with E-state index in [9.17, 15) is 0 Å². The average molecular weight is 314 g/mol. The smallest absolute Gasteiger partial charge is 0.300 e. The van der Waals surface area contributed by atoms with Crippen molar-refractivity contribution in [3.05, 3.63) is 0 Å². The van der Waals surface area contributed by atoms with E-state index in [1.165, 1.54) is 0 Å². The molecule has 0 fully saturated rings. The fourth-order valence-electron chi connectivity index (χ4n) is 0.356. The first-order valence-corrected chi connectivity index (χ1v) is 5.85. The van der Waals surface area contributed by atoms with Gasteiger partial charge in [0.2, 0.25) is 0 Å². The molecule has 0 heterocycles. The summed E-state index contributed by atoms with van der Waals surface area (Å²) in [4.78, 5) is 27.0. The van der Waals surface area contributed by atoms with Gasteiger partial charge in [0, 0.05) is 20.8 Å². The Bertz CT molecular complexity index is 223. The molecule has 21 heavy (non-hydrogen) atoms. The quantitative estimate of drug-likeness (QED) is 0.482. The second-order valence-corrected chi connectivity index (χ2v) is 3.73. The number of aliphatic hydroxyl groups is 2. The molecule has 0 spiro atoms. The summed E-state index contributed by atoms with van der Waals surface area (Å²) in [7, 11) is 0. The standard InChI is InChI=1S/C6H14O3.3C2H4O2/c1-5(8)4-9-6(2)3-7;3*1-2(3)4/h5-8H,3-4H2,1-2H3;3*1H3,(H,3,4). The van der Waals surface area contributed by atoms with Gasteiger partial charge in [-0.2, -0.15) is 0 Å². The Kier molecular flexibility index (Phi) is 27.1. The third-order valence-corrected chi connectivity index (χ3v) is 0.879. The van der Waals surface area contributed by atoms with Crippen molar-refractivity contribution in [3.8, 4) is 0 Å². The van der Waals surface area contributed by atoms with Crippen molar-refractivity contribution >= 4 is 17.9 Å². The summed E-state index contributed by atoms with van der Waals surface area (Å²) in [5.41, 5.74) is 0. The minimum absolute atomic E-state index is 0.00667. The summed E-state index contributed by atoms with van der Waals surface area (Å²) in [5, 5.41) is 39.4. The molecule has 9 heteroatoms. The van der Waals surface area contributed by atoms with E-state index >= 15 is 0 Å². The van der Waals surface area contributed by atoms with Crippen LogP contribution in [0.1, 0.15) is 34.6 Å². The molecular formula is C12H26O9. The van der Waals surface area contributed by atoms with Gasteiger partial charge < -0.3 is 30.3 Å². The summed E-state index contributed by atoms with van der Waals surface area (Å²) in [5.74, 6) is -2.50. The summed E-state index contributed by atoms with van der Waals surface area (Å²) in [6.45, 7) is 6.95. The van der Waals surface area contributed by atoms with Crippen LogP contribution in [0.25, 0.3) is 0 Å². The Hall–Kier alpha value is -1.71. The topological polar surface area (TPSA) is 162 Å². The number of hydrogen-bond donors (Lipinski definition) is 5. The Morgan fingerprint density at radius 1 is 0.905 bits per heavy atom. The molecule has 0 aromatic carbocycles. The van der Waals surface area contributed by atoms with Crippen LogP contribution in [0.5, 0.6) is 0 Å². The molecule has 9 nitrogen and oxygen atoms in total. The highest BCUT2D eigenvalue weighted by atomic mass is 16.5. The number of aliphatic carboxylic acids is 3. The SMILES string of the molecule is CC(=O)O.CC(=O)O.CC(=O)O.CC(O)COC(C)CO. The van der Waals surface area contributed by atoms with Crippen LogP contribution < -0.4 is 0 Å². The van der Waals surface area contributed by atoms with Gasteiger partial charge in [-0.15, -0.1) is 0 Å². The fraction of sp³-hybridized carbons (Fsp3) is 0.750. The van der Waals surface area contributed by atoms with E-state index < -0.39 is 24.0 Å². The van der Waals surface area contributed by atoms with Gasteiger partial charge in [0.15, 0.2) is 0 Å². The van der Waals surface area contributed by atoms with Crippen molar-refractivity contribution in [2.24, 2.45) is 0 Å². The Balaban J connectivity index is -0.000000102. The van der Waals surface area contributed by atoms with Crippen molar-refractivity contribution in [2.45, 2.75) is 46.8 Å². The molecule has 0 radical (unpaired) electrons. The lowest BCUT2D eigenvalue weighted by Crippen LogP contribution is -2.19. The maximum absolute atomic E-state index is 9.00. The second kappa shape index (κ2) is 20.6. The molecule has 2 unspecified atom stereocenters. The third-order valence-electron chi connectivity index (χ3n) is 0.879. The van der Waals surface area contributed by atoms with Crippen molar-refractivity contribution in [2.75, 3.05) is 13.2 Å². The molecule has 128 valence electrons. The highest BCUT2D eigenvalue weighted by Gasteiger charge is 2.00. The molecular weight excluding hydrogens is 288 g/mol. The molecule has 0 amide bonds. The molecule has 0 aliphatic heterocycles. The van der Waals surface area contributed by atoms with Gasteiger partial charge in [-0.25, -0.2) is 0 Å². The van der Waals surface area contributed by atoms with Crippen molar-refractivity contribution in [3.63, 3.8) is 0 Å². The lowest BCUT2D eigenvalue weighted by Gasteiger charge is -2.10. The van der Waals surface area contributed by atoms with Crippen LogP contribution in [0.4, 0.5) is 0 Å². The van der Waals surface area contributed by atoms with E-state index in [1.54, 1.807) is 13.8 Å². The van der Waals surface area contributed by atoms with E-state index in [-0.39, 0.29) is 12.7 Å². The highest BCUT2D eigenvalue weighted by Crippen LogP contribution is 1.90. The van der Waals surface area contributed by atoms with Crippen LogP contribution in [0.3, 0.4) is 0 Å². The molecule has 0 aromatic heterocycles. The van der Waals surface area contributed by atoms with Gasteiger partial charge in [-0.1, -0.05) is 0 Å². The summed E-state index contributed by atoms with van der Waals surface area (Å²) in [6.07, 6.45) is -0.612. The minimum Gasteiger partial charge on any atom is -0.481 e. The second-order valence-electron chi connectivity index (χ2n) is 3.73. The molecule has 0 saturated heterocycles. The molecule has 0 bridgehead atoms. The predicted octanol–water partition coefficient (Wildman–Crippen LogP) is 0.0373. The lowest BCUT2D eigenvalue weighted by atomic mass is 10.4. The number of carbonyl (C=O) groups is 3. The monoisotopic (exact) mass is 314 g/mol. The van der Waals surface area contributed by atoms with Crippen LogP contribution in [0.2, 0.25) is 0 Å². The zero-order valence-corrected chi connectivity index (χ0v) is 12.9. The first-order valence-electron chi connectivity index (χ1n) is 5.85. The van der Waals surface area contributed by atoms with Crippen molar-refractivity contribution in [1.29, 1.82) is 0 Å². The molecule has 0 aliphatic carbocycles. The predicted molar refractivity (Wildman–Crippen MR) is 74.1 cm³/mol. The summed E-state index contributed by atoms with van der Waals surface area (Å²) < 4.78 is 4.95. The van der Waals surface area contributed by atoms with Crippen LogP contribution in [-0.4, -0.2) is 68.9 Å². The Labute approximate surface area is 123 Å². The third kappa shape index (κ3) is 173. The molecule has 0 aliphatic rings. The normalized spacial score (nSPS) is 11.0. The first kappa shape index (κ1) is 27.6. The molecule has 2 atom stereocenters. The van der Waals surface area contributed by atoms with Crippen LogP contribution in [-0.2, 0) is 19.1 Å². The Morgan fingerprint density at radius 3 is 1.29 bits per heavy atom. The lowest BCUT2D eigenvalue weighted by molar-refractivity contribution is -0.135. The molecule has 0 saturated carbocycles. The maximum Gasteiger partial charge on any atom is 0.300 e. The largest absolute Gasteiger partial charge is 0.481 e. The molecule has 0 aromatic rings. The number of hydrogen-bond acceptors (Lipinski definition) is 6. The van der Waals surface area contributed by atoms with E-state index in [4.69, 9.17) is 44.7 Å². The first-order chi connectivity index (χ1) is 9.36. The van der Waals surface area contributed by atoms with Crippen molar-refractivity contribution < 1.29 is 44.7 Å². The van der Waals surface area contributed by atoms with E-state index in [2.05, 4.69) is 0 Å². The summed E-state index contributed by atoms with van der Waals surface area (Å²) >= 11 is 0. The van der Waals surface area contributed by atoms with Gasteiger partial charge >= 0.3 is 0 Å². The fourth-order valence-corrected chi connectivity index (χ4v) is 0.356. The zero-order valence-electron chi connectivity index (χ0n) is 12.9. The van der Waals surface area contributed by atoms with Crippen LogP contribution in [0.15, 0.2) is 0 Å². The zero-order chi connectivity index (χ0) is 18.0. The number of carboxylic acids is 3. The van der Waals surface area contributed by atoms with Gasteiger partial charge in [0.1, 0.15) is 0 Å². The van der Waals surface area contributed by atoms with E-state index in [1.807, 2.05) is 0 Å². The Morgan fingerprint density at radius 2 is 1.14 bits per heavy atom. The highest BCUT2D eigenvalue weighted by molar-refractivity contribution is 5.63. The number of rotatable bonds is 4. The van der Waals surface area contributed by atoms with Crippen molar-refractivity contribution in [1.82, 2.24) is 0 Å². The van der Waals surface area contributed by atoms with E-state index in [0.717, 1.165) is 20.8 Å². The van der Waals surface area contributed by atoms with E-state index in [0.29, 0.717) is 6.61 Å². The number of aliphatic hydroxyl groups excluding tert-OH is 2. The average Bonchev–Trinajstić information content (AvgIpc) is 2.23. The maximum atomic E-state index is 9.00. The number of ether oxygens (including phenoxy) is 1. The minimum atomic E-state index is -0.833. The van der Waals surface area contributed by atoms with Crippen LogP contribution >= 0.6 is 0 Å². The van der Waals surface area contributed by atoms with Gasteiger partial charge in [-0.05, 0) is 13.8 Å². The molecule has 5 N–H and O–H groups in total. The number of carboxylic acid groups (broad SMARTS) is 3. The van der Waals surface area contributed by atoms with Crippen LogP contribution in [0, 0.1) is 0 Å². The van der Waals surface area contributed by atoms with Gasteiger partial charge in [0.25, 0.3) is 17.9 Å². The van der Waals surface area contributed by atoms with Gasteiger partial charge in [-0.3, -0.25) is 14.4 Å². The molecule has 0 rings (SSSR count). The summed E-state index contributed by atoms with van der Waals surface area (Å²) in [6, 6.07) is 0. The van der Waals surface area contributed by atoms with Gasteiger partial charge in [0.05, 0.1) is 25.4 Å².